The van der Waals surface area contributed by atoms with E-state index >= 15 is 0 Å². The van der Waals surface area contributed by atoms with Crippen LogP contribution in [-0.2, 0) is 0 Å². The van der Waals surface area contributed by atoms with Crippen molar-refractivity contribution >= 4 is 33.3 Å². The highest BCUT2D eigenvalue weighted by Crippen LogP contribution is 2.48. The third-order valence-corrected chi connectivity index (χ3v) is 6.21. The first-order valence-corrected chi connectivity index (χ1v) is 8.66. The molecule has 3 unspecified atom stereocenters. The number of nitrogens with zero attached hydrogens (tertiary/aromatic N) is 3. The maximum atomic E-state index is 5.90. The second-order valence-corrected chi connectivity index (χ2v) is 8.03. The first kappa shape index (κ1) is 13.3. The predicted octanol–water partition coefficient (Wildman–Crippen LogP) is 3.45. The van der Waals surface area contributed by atoms with Gasteiger partial charge in [-0.15, -0.1) is 11.3 Å². The largest absolute Gasteiger partial charge is 0.368 e. The lowest BCUT2D eigenvalue weighted by atomic mass is 9.88. The average molecular weight is 302 g/mol. The van der Waals surface area contributed by atoms with Gasteiger partial charge in [0.1, 0.15) is 10.6 Å². The van der Waals surface area contributed by atoms with Crippen LogP contribution in [0.15, 0.2) is 6.07 Å². The third-order valence-electron chi connectivity index (χ3n) is 5.27. The van der Waals surface area contributed by atoms with Gasteiger partial charge in [-0.25, -0.2) is 4.98 Å². The Morgan fingerprint density at radius 2 is 2.19 bits per heavy atom. The monoisotopic (exact) mass is 302 g/mol. The van der Waals surface area contributed by atoms with Gasteiger partial charge in [-0.05, 0) is 50.0 Å². The van der Waals surface area contributed by atoms with Crippen molar-refractivity contribution in [3.8, 4) is 0 Å². The van der Waals surface area contributed by atoms with Crippen LogP contribution >= 0.6 is 11.3 Å². The van der Waals surface area contributed by atoms with Crippen molar-refractivity contribution in [2.45, 2.75) is 32.6 Å². The number of hydrogen-bond acceptors (Lipinski definition) is 5. The highest BCUT2D eigenvalue weighted by atomic mass is 32.1. The summed E-state index contributed by atoms with van der Waals surface area (Å²) >= 11 is 1.69. The SMILES string of the molecule is Cc1cc2c(N(C)CC3CC4CCC3C4)nc(N)nc2s1. The molecule has 0 aromatic carbocycles. The summed E-state index contributed by atoms with van der Waals surface area (Å²) in [5, 5.41) is 1.15. The molecule has 4 nitrogen and oxygen atoms in total. The lowest BCUT2D eigenvalue weighted by Crippen LogP contribution is -2.29. The van der Waals surface area contributed by atoms with Crippen LogP contribution in [0.4, 0.5) is 11.8 Å². The quantitative estimate of drug-likeness (QED) is 0.943. The first-order chi connectivity index (χ1) is 10.1. The van der Waals surface area contributed by atoms with E-state index in [9.17, 15) is 0 Å². The maximum Gasteiger partial charge on any atom is 0.223 e. The molecule has 2 aromatic rings. The molecule has 2 fully saturated rings. The van der Waals surface area contributed by atoms with Gasteiger partial charge in [0.05, 0.1) is 5.39 Å². The molecule has 5 heteroatoms. The Balaban J connectivity index is 1.63. The molecule has 2 aliphatic carbocycles. The van der Waals surface area contributed by atoms with Crippen LogP contribution in [0.5, 0.6) is 0 Å². The zero-order valence-electron chi connectivity index (χ0n) is 12.7. The molecular weight excluding hydrogens is 280 g/mol. The van der Waals surface area contributed by atoms with Crippen molar-refractivity contribution in [2.75, 3.05) is 24.2 Å². The van der Waals surface area contributed by atoms with Gasteiger partial charge in [0.15, 0.2) is 0 Å². The van der Waals surface area contributed by atoms with Gasteiger partial charge in [-0.3, -0.25) is 0 Å². The molecule has 4 rings (SSSR count). The van der Waals surface area contributed by atoms with E-state index in [1.807, 2.05) is 0 Å². The molecule has 3 atom stereocenters. The molecule has 2 heterocycles. The number of anilines is 2. The van der Waals surface area contributed by atoms with Gasteiger partial charge in [0, 0.05) is 18.5 Å². The minimum absolute atomic E-state index is 0.388. The Morgan fingerprint density at radius 1 is 1.33 bits per heavy atom. The lowest BCUT2D eigenvalue weighted by molar-refractivity contribution is 0.337. The van der Waals surface area contributed by atoms with Gasteiger partial charge >= 0.3 is 0 Å². The number of aromatic nitrogens is 2. The molecule has 2 N–H and O–H groups in total. The van der Waals surface area contributed by atoms with Gasteiger partial charge in [0.2, 0.25) is 5.95 Å². The number of fused-ring (bicyclic) bond motifs is 3. The third kappa shape index (κ3) is 2.27. The Kier molecular flexibility index (Phi) is 3.06. The van der Waals surface area contributed by atoms with Crippen LogP contribution in [0.3, 0.4) is 0 Å². The normalized spacial score (nSPS) is 27.6. The predicted molar refractivity (Wildman–Crippen MR) is 88.8 cm³/mol. The van der Waals surface area contributed by atoms with E-state index in [0.29, 0.717) is 5.95 Å². The number of rotatable bonds is 3. The average Bonchev–Trinajstić information content (AvgIpc) is 3.11. The van der Waals surface area contributed by atoms with Gasteiger partial charge in [0.25, 0.3) is 0 Å². The summed E-state index contributed by atoms with van der Waals surface area (Å²) < 4.78 is 0. The molecule has 0 radical (unpaired) electrons. The molecule has 2 bridgehead atoms. The molecule has 21 heavy (non-hydrogen) atoms. The minimum Gasteiger partial charge on any atom is -0.368 e. The molecule has 112 valence electrons. The summed E-state index contributed by atoms with van der Waals surface area (Å²) in [6.07, 6.45) is 5.75. The van der Waals surface area contributed by atoms with Gasteiger partial charge in [-0.1, -0.05) is 6.42 Å². The summed E-state index contributed by atoms with van der Waals surface area (Å²) in [7, 11) is 2.15. The van der Waals surface area contributed by atoms with E-state index in [1.54, 1.807) is 11.3 Å². The van der Waals surface area contributed by atoms with Crippen molar-refractivity contribution in [1.29, 1.82) is 0 Å². The Bertz CT molecular complexity index is 680. The second-order valence-electron chi connectivity index (χ2n) is 6.80. The fourth-order valence-electron chi connectivity index (χ4n) is 4.37. The Labute approximate surface area is 129 Å². The van der Waals surface area contributed by atoms with Crippen molar-refractivity contribution in [3.05, 3.63) is 10.9 Å². The Hall–Kier alpha value is -1.36. The zero-order chi connectivity index (χ0) is 14.6. The molecule has 0 spiro atoms. The minimum atomic E-state index is 0.388. The van der Waals surface area contributed by atoms with E-state index in [2.05, 4.69) is 34.9 Å². The molecule has 2 aliphatic rings. The van der Waals surface area contributed by atoms with Crippen molar-refractivity contribution in [3.63, 3.8) is 0 Å². The molecular formula is C16H22N4S. The number of thiophene rings is 1. The van der Waals surface area contributed by atoms with Crippen LogP contribution in [0.25, 0.3) is 10.2 Å². The summed E-state index contributed by atoms with van der Waals surface area (Å²) in [5.41, 5.74) is 5.90. The smallest absolute Gasteiger partial charge is 0.223 e. The molecule has 2 saturated carbocycles. The van der Waals surface area contributed by atoms with Gasteiger partial charge < -0.3 is 10.6 Å². The summed E-state index contributed by atoms with van der Waals surface area (Å²) in [6, 6.07) is 2.19. The van der Waals surface area contributed by atoms with Crippen LogP contribution in [0.1, 0.15) is 30.6 Å². The highest BCUT2D eigenvalue weighted by molar-refractivity contribution is 7.18. The zero-order valence-corrected chi connectivity index (χ0v) is 13.5. The van der Waals surface area contributed by atoms with E-state index in [-0.39, 0.29) is 0 Å². The number of nitrogens with two attached hydrogens (primary N) is 1. The second kappa shape index (κ2) is 4.83. The van der Waals surface area contributed by atoms with E-state index in [4.69, 9.17) is 5.73 Å². The number of nitrogen functional groups attached to an aromatic ring is 1. The fourth-order valence-corrected chi connectivity index (χ4v) is 5.25. The van der Waals surface area contributed by atoms with Crippen molar-refractivity contribution in [2.24, 2.45) is 17.8 Å². The maximum absolute atomic E-state index is 5.90. The molecule has 0 amide bonds. The van der Waals surface area contributed by atoms with E-state index < -0.39 is 0 Å². The summed E-state index contributed by atoms with van der Waals surface area (Å²) in [4.78, 5) is 13.5. The first-order valence-electron chi connectivity index (χ1n) is 7.85. The van der Waals surface area contributed by atoms with Crippen LogP contribution in [0.2, 0.25) is 0 Å². The van der Waals surface area contributed by atoms with Crippen LogP contribution in [0, 0.1) is 24.7 Å². The lowest BCUT2D eigenvalue weighted by Gasteiger charge is -2.28. The number of aryl methyl sites for hydroxylation is 1. The summed E-state index contributed by atoms with van der Waals surface area (Å²) in [6.45, 7) is 3.21. The van der Waals surface area contributed by atoms with Crippen molar-refractivity contribution < 1.29 is 0 Å². The van der Waals surface area contributed by atoms with Crippen LogP contribution in [-0.4, -0.2) is 23.6 Å². The van der Waals surface area contributed by atoms with Crippen LogP contribution < -0.4 is 10.6 Å². The summed E-state index contributed by atoms with van der Waals surface area (Å²) in [5.74, 6) is 4.16. The highest BCUT2D eigenvalue weighted by Gasteiger charge is 2.39. The number of hydrogen-bond donors (Lipinski definition) is 1. The Morgan fingerprint density at radius 3 is 2.90 bits per heavy atom. The molecule has 0 aliphatic heterocycles. The standard InChI is InChI=1S/C16H22N4S/c1-9-5-13-14(18-16(17)19-15(13)21-9)20(2)8-12-7-10-3-4-11(12)6-10/h5,10-12H,3-4,6-8H2,1-2H3,(H2,17,18,19). The van der Waals surface area contributed by atoms with E-state index in [1.165, 1.54) is 30.6 Å². The van der Waals surface area contributed by atoms with Crippen molar-refractivity contribution in [1.82, 2.24) is 9.97 Å². The molecule has 0 saturated heterocycles. The van der Waals surface area contributed by atoms with Gasteiger partial charge in [-0.2, -0.15) is 4.98 Å². The topological polar surface area (TPSA) is 55.0 Å². The molecule has 2 aromatic heterocycles. The fraction of sp³-hybridized carbons (Fsp3) is 0.625. The van der Waals surface area contributed by atoms with E-state index in [0.717, 1.165) is 40.3 Å².